The third kappa shape index (κ3) is 3.14. The minimum Gasteiger partial charge on any atom is -0.359 e. The Morgan fingerprint density at radius 1 is 1.50 bits per heavy atom. The molecule has 0 fully saturated rings. The molecule has 1 aromatic rings. The first-order valence-corrected chi connectivity index (χ1v) is 5.45. The Balaban J connectivity index is 2.64. The van der Waals surface area contributed by atoms with Crippen LogP contribution in [0.5, 0.6) is 0 Å². The molecule has 0 saturated heterocycles. The molecule has 0 amide bonds. The Kier molecular flexibility index (Phi) is 4.14. The van der Waals surface area contributed by atoms with E-state index in [1.165, 1.54) is 5.56 Å². The van der Waals surface area contributed by atoms with E-state index < -0.39 is 0 Å². The van der Waals surface area contributed by atoms with Crippen molar-refractivity contribution in [3.63, 3.8) is 0 Å². The second-order valence-corrected chi connectivity index (χ2v) is 4.20. The van der Waals surface area contributed by atoms with Crippen LogP contribution >= 0.6 is 15.9 Å². The highest BCUT2D eigenvalue weighted by Crippen LogP contribution is 2.13. The summed E-state index contributed by atoms with van der Waals surface area (Å²) in [6, 6.07) is 8.18. The predicted molar refractivity (Wildman–Crippen MR) is 63.6 cm³/mol. The van der Waals surface area contributed by atoms with Gasteiger partial charge in [-0.05, 0) is 17.7 Å². The normalized spacial score (nSPS) is 9.93. The molecule has 0 heterocycles. The molecule has 14 heavy (non-hydrogen) atoms. The van der Waals surface area contributed by atoms with Crippen molar-refractivity contribution in [2.75, 3.05) is 7.05 Å². The summed E-state index contributed by atoms with van der Waals surface area (Å²) < 4.78 is 1.09. The highest BCUT2D eigenvalue weighted by molar-refractivity contribution is 9.10. The molecule has 0 bridgehead atoms. The van der Waals surface area contributed by atoms with Gasteiger partial charge in [0.1, 0.15) is 0 Å². The summed E-state index contributed by atoms with van der Waals surface area (Å²) in [5.41, 5.74) is 1.22. The molecule has 0 spiro atoms. The van der Waals surface area contributed by atoms with Crippen LogP contribution in [0.2, 0.25) is 0 Å². The van der Waals surface area contributed by atoms with Gasteiger partial charge in [-0.15, -0.1) is 0 Å². The van der Waals surface area contributed by atoms with E-state index >= 15 is 0 Å². The SMILES string of the molecule is CCC(=N)N(C)Cc1cccc(Br)c1. The Bertz CT molecular complexity index is 323. The molecule has 0 aliphatic rings. The minimum atomic E-state index is 0.671. The van der Waals surface area contributed by atoms with Gasteiger partial charge >= 0.3 is 0 Å². The van der Waals surface area contributed by atoms with Crippen LogP contribution in [0.15, 0.2) is 28.7 Å². The van der Waals surface area contributed by atoms with Gasteiger partial charge in [-0.1, -0.05) is 35.0 Å². The van der Waals surface area contributed by atoms with Gasteiger partial charge < -0.3 is 4.90 Å². The average molecular weight is 255 g/mol. The average Bonchev–Trinajstić information content (AvgIpc) is 2.16. The molecule has 2 nitrogen and oxygen atoms in total. The number of hydrogen-bond acceptors (Lipinski definition) is 1. The van der Waals surface area contributed by atoms with Gasteiger partial charge in [0, 0.05) is 24.5 Å². The Hall–Kier alpha value is -0.830. The number of amidine groups is 1. The quantitative estimate of drug-likeness (QED) is 0.651. The zero-order chi connectivity index (χ0) is 10.6. The van der Waals surface area contributed by atoms with Crippen LogP contribution in [0.25, 0.3) is 0 Å². The maximum atomic E-state index is 7.66. The third-order valence-electron chi connectivity index (χ3n) is 2.10. The Labute approximate surface area is 93.6 Å². The fraction of sp³-hybridized carbons (Fsp3) is 0.364. The fourth-order valence-corrected chi connectivity index (χ4v) is 1.72. The number of nitrogens with one attached hydrogen (secondary N) is 1. The van der Waals surface area contributed by atoms with Crippen LogP contribution in [0.4, 0.5) is 0 Å². The summed E-state index contributed by atoms with van der Waals surface area (Å²) in [5.74, 6) is 0.671. The van der Waals surface area contributed by atoms with Crippen molar-refractivity contribution < 1.29 is 0 Å². The minimum absolute atomic E-state index is 0.671. The number of hydrogen-bond donors (Lipinski definition) is 1. The lowest BCUT2D eigenvalue weighted by molar-refractivity contribution is 0.487. The van der Waals surface area contributed by atoms with E-state index in [9.17, 15) is 0 Å². The molecule has 0 atom stereocenters. The van der Waals surface area contributed by atoms with Gasteiger partial charge in [-0.2, -0.15) is 0 Å². The van der Waals surface area contributed by atoms with Crippen LogP contribution in [0.1, 0.15) is 18.9 Å². The van der Waals surface area contributed by atoms with Gasteiger partial charge in [-0.25, -0.2) is 0 Å². The Morgan fingerprint density at radius 2 is 2.21 bits per heavy atom. The Morgan fingerprint density at radius 3 is 2.79 bits per heavy atom. The molecule has 1 aromatic carbocycles. The van der Waals surface area contributed by atoms with Crippen LogP contribution in [0, 0.1) is 5.41 Å². The molecule has 0 aliphatic heterocycles. The number of halogens is 1. The van der Waals surface area contributed by atoms with Crippen molar-refractivity contribution in [3.05, 3.63) is 34.3 Å². The van der Waals surface area contributed by atoms with Crippen LogP contribution < -0.4 is 0 Å². The summed E-state index contributed by atoms with van der Waals surface area (Å²) >= 11 is 3.43. The monoisotopic (exact) mass is 254 g/mol. The molecule has 1 rings (SSSR count). The smallest absolute Gasteiger partial charge is 0.0955 e. The van der Waals surface area contributed by atoms with E-state index in [2.05, 4.69) is 28.1 Å². The number of nitrogens with zero attached hydrogens (tertiary/aromatic N) is 1. The van der Waals surface area contributed by atoms with Gasteiger partial charge in [0.05, 0.1) is 5.84 Å². The molecule has 0 radical (unpaired) electrons. The maximum absolute atomic E-state index is 7.66. The van der Waals surface area contributed by atoms with E-state index in [1.807, 2.05) is 31.0 Å². The maximum Gasteiger partial charge on any atom is 0.0955 e. The largest absolute Gasteiger partial charge is 0.359 e. The van der Waals surface area contributed by atoms with Gasteiger partial charge in [0.2, 0.25) is 0 Å². The zero-order valence-corrected chi connectivity index (χ0v) is 10.1. The molecule has 1 N–H and O–H groups in total. The fourth-order valence-electron chi connectivity index (χ4n) is 1.27. The predicted octanol–water partition coefficient (Wildman–Crippen LogP) is 3.27. The lowest BCUT2D eigenvalue weighted by Gasteiger charge is -2.19. The highest BCUT2D eigenvalue weighted by Gasteiger charge is 2.02. The van der Waals surface area contributed by atoms with Crippen molar-refractivity contribution in [2.24, 2.45) is 0 Å². The zero-order valence-electron chi connectivity index (χ0n) is 8.55. The lowest BCUT2D eigenvalue weighted by atomic mass is 10.2. The topological polar surface area (TPSA) is 27.1 Å². The molecule has 0 aliphatic carbocycles. The van der Waals surface area contributed by atoms with Crippen molar-refractivity contribution in [2.45, 2.75) is 19.9 Å². The first-order valence-electron chi connectivity index (χ1n) is 4.66. The number of rotatable bonds is 3. The van der Waals surface area contributed by atoms with Gasteiger partial charge in [-0.3, -0.25) is 5.41 Å². The molecule has 0 saturated carbocycles. The first-order chi connectivity index (χ1) is 6.63. The number of benzene rings is 1. The summed E-state index contributed by atoms with van der Waals surface area (Å²) in [6.45, 7) is 2.80. The van der Waals surface area contributed by atoms with Crippen molar-refractivity contribution in [1.82, 2.24) is 4.90 Å². The molecule has 3 heteroatoms. The summed E-state index contributed by atoms with van der Waals surface area (Å²) in [4.78, 5) is 1.96. The molecule has 0 unspecified atom stereocenters. The van der Waals surface area contributed by atoms with Crippen molar-refractivity contribution in [3.8, 4) is 0 Å². The van der Waals surface area contributed by atoms with Gasteiger partial charge in [0.15, 0.2) is 0 Å². The van der Waals surface area contributed by atoms with E-state index in [4.69, 9.17) is 5.41 Å². The van der Waals surface area contributed by atoms with E-state index in [0.717, 1.165) is 17.4 Å². The van der Waals surface area contributed by atoms with E-state index in [-0.39, 0.29) is 0 Å². The molecule has 76 valence electrons. The van der Waals surface area contributed by atoms with Crippen molar-refractivity contribution in [1.29, 1.82) is 5.41 Å². The second kappa shape index (κ2) is 5.15. The second-order valence-electron chi connectivity index (χ2n) is 3.29. The summed E-state index contributed by atoms with van der Waals surface area (Å²) in [7, 11) is 1.95. The highest BCUT2D eigenvalue weighted by atomic mass is 79.9. The molecule has 0 aromatic heterocycles. The summed E-state index contributed by atoms with van der Waals surface area (Å²) in [6.07, 6.45) is 0.782. The molecular weight excluding hydrogens is 240 g/mol. The van der Waals surface area contributed by atoms with Gasteiger partial charge in [0.25, 0.3) is 0 Å². The molecular formula is C11H15BrN2. The summed E-state index contributed by atoms with van der Waals surface area (Å²) in [5, 5.41) is 7.66. The van der Waals surface area contributed by atoms with E-state index in [1.54, 1.807) is 0 Å². The third-order valence-corrected chi connectivity index (χ3v) is 2.60. The van der Waals surface area contributed by atoms with Crippen LogP contribution in [-0.4, -0.2) is 17.8 Å². The van der Waals surface area contributed by atoms with Crippen LogP contribution in [0.3, 0.4) is 0 Å². The lowest BCUT2D eigenvalue weighted by Crippen LogP contribution is -2.24. The van der Waals surface area contributed by atoms with Crippen LogP contribution in [-0.2, 0) is 6.54 Å². The van der Waals surface area contributed by atoms with E-state index in [0.29, 0.717) is 5.84 Å². The van der Waals surface area contributed by atoms with Crippen molar-refractivity contribution >= 4 is 21.8 Å². The first kappa shape index (κ1) is 11.2. The standard InChI is InChI=1S/C11H15BrN2/c1-3-11(13)14(2)8-9-5-4-6-10(12)7-9/h4-7,13H,3,8H2,1-2H3.